The Morgan fingerprint density at radius 3 is 2.63 bits per heavy atom. The van der Waals surface area contributed by atoms with Gasteiger partial charge in [-0.15, -0.1) is 5.10 Å². The number of anilines is 2. The fourth-order valence-electron chi connectivity index (χ4n) is 3.56. The SMILES string of the molecule is CN(C(=O)C1CC1)c1ccccc1C(=O)Nc1cccc(-c2nnnn2C2CC2)c1. The molecule has 2 aromatic carbocycles. The van der Waals surface area contributed by atoms with Gasteiger partial charge in [-0.3, -0.25) is 9.59 Å². The van der Waals surface area contributed by atoms with E-state index in [0.717, 1.165) is 31.2 Å². The van der Waals surface area contributed by atoms with E-state index in [1.54, 1.807) is 30.1 Å². The number of carbonyl (C=O) groups is 2. The summed E-state index contributed by atoms with van der Waals surface area (Å²) < 4.78 is 1.84. The Labute approximate surface area is 173 Å². The van der Waals surface area contributed by atoms with Crippen LogP contribution in [0.2, 0.25) is 0 Å². The number of hydrogen-bond donors (Lipinski definition) is 1. The number of aromatic nitrogens is 4. The highest BCUT2D eigenvalue weighted by Gasteiger charge is 2.33. The summed E-state index contributed by atoms with van der Waals surface area (Å²) in [5.41, 5.74) is 2.57. The van der Waals surface area contributed by atoms with Gasteiger partial charge in [-0.1, -0.05) is 24.3 Å². The maximum absolute atomic E-state index is 13.0. The molecule has 2 saturated carbocycles. The molecule has 152 valence electrons. The smallest absolute Gasteiger partial charge is 0.257 e. The van der Waals surface area contributed by atoms with Crippen molar-refractivity contribution in [2.75, 3.05) is 17.3 Å². The minimum absolute atomic E-state index is 0.0594. The van der Waals surface area contributed by atoms with E-state index in [9.17, 15) is 9.59 Å². The van der Waals surface area contributed by atoms with E-state index in [1.165, 1.54) is 0 Å². The average Bonchev–Trinajstić information content (AvgIpc) is 3.71. The van der Waals surface area contributed by atoms with Gasteiger partial charge < -0.3 is 10.2 Å². The lowest BCUT2D eigenvalue weighted by Gasteiger charge is -2.20. The fraction of sp³-hybridized carbons (Fsp3) is 0.318. The van der Waals surface area contributed by atoms with Crippen molar-refractivity contribution in [3.8, 4) is 11.4 Å². The molecule has 0 atom stereocenters. The van der Waals surface area contributed by atoms with Crippen molar-refractivity contribution in [2.45, 2.75) is 31.7 Å². The van der Waals surface area contributed by atoms with Gasteiger partial charge in [-0.05, 0) is 60.4 Å². The molecule has 0 unspecified atom stereocenters. The monoisotopic (exact) mass is 402 g/mol. The van der Waals surface area contributed by atoms with Gasteiger partial charge in [0.15, 0.2) is 5.82 Å². The van der Waals surface area contributed by atoms with E-state index in [4.69, 9.17) is 0 Å². The van der Waals surface area contributed by atoms with Gasteiger partial charge in [0.1, 0.15) is 0 Å². The molecule has 0 bridgehead atoms. The maximum Gasteiger partial charge on any atom is 0.257 e. The largest absolute Gasteiger partial charge is 0.322 e. The molecule has 0 spiro atoms. The summed E-state index contributed by atoms with van der Waals surface area (Å²) in [6, 6.07) is 15.0. The van der Waals surface area contributed by atoms with Gasteiger partial charge in [-0.25, -0.2) is 4.68 Å². The molecule has 1 aromatic heterocycles. The molecule has 0 saturated heterocycles. The minimum Gasteiger partial charge on any atom is -0.322 e. The number of nitrogens with one attached hydrogen (secondary N) is 1. The van der Waals surface area contributed by atoms with Crippen LogP contribution >= 0.6 is 0 Å². The number of tetrazole rings is 1. The highest BCUT2D eigenvalue weighted by Crippen LogP contribution is 2.37. The number of nitrogens with zero attached hydrogens (tertiary/aromatic N) is 5. The van der Waals surface area contributed by atoms with Crippen molar-refractivity contribution in [2.24, 2.45) is 5.92 Å². The molecule has 8 heteroatoms. The normalized spacial score (nSPS) is 15.6. The van der Waals surface area contributed by atoms with Gasteiger partial charge in [0, 0.05) is 24.2 Å². The van der Waals surface area contributed by atoms with Crippen molar-refractivity contribution in [3.05, 3.63) is 54.1 Å². The van der Waals surface area contributed by atoms with Gasteiger partial charge >= 0.3 is 0 Å². The highest BCUT2D eigenvalue weighted by atomic mass is 16.2. The average molecular weight is 402 g/mol. The van der Waals surface area contributed by atoms with Gasteiger partial charge in [0.2, 0.25) is 5.91 Å². The van der Waals surface area contributed by atoms with E-state index in [-0.39, 0.29) is 17.7 Å². The van der Waals surface area contributed by atoms with Crippen LogP contribution in [0.15, 0.2) is 48.5 Å². The minimum atomic E-state index is -0.264. The zero-order valence-corrected chi connectivity index (χ0v) is 16.7. The maximum atomic E-state index is 13.0. The van der Waals surface area contributed by atoms with Crippen LogP contribution in [0.25, 0.3) is 11.4 Å². The molecule has 2 fully saturated rings. The summed E-state index contributed by atoms with van der Waals surface area (Å²) in [6.07, 6.45) is 4.01. The first-order chi connectivity index (χ1) is 14.6. The number of carbonyl (C=O) groups excluding carboxylic acids is 2. The Balaban J connectivity index is 1.39. The predicted octanol–water partition coefficient (Wildman–Crippen LogP) is 3.30. The first kappa shape index (κ1) is 18.5. The molecule has 3 aromatic rings. The van der Waals surface area contributed by atoms with E-state index in [0.29, 0.717) is 28.8 Å². The molecule has 5 rings (SSSR count). The molecule has 0 aliphatic heterocycles. The van der Waals surface area contributed by atoms with Crippen LogP contribution in [-0.4, -0.2) is 39.1 Å². The van der Waals surface area contributed by atoms with Gasteiger partial charge in [-0.2, -0.15) is 0 Å². The third-order valence-electron chi connectivity index (χ3n) is 5.53. The van der Waals surface area contributed by atoms with Crippen LogP contribution in [0.1, 0.15) is 42.1 Å². The zero-order chi connectivity index (χ0) is 20.7. The van der Waals surface area contributed by atoms with Crippen molar-refractivity contribution in [1.82, 2.24) is 20.2 Å². The summed E-state index contributed by atoms with van der Waals surface area (Å²) >= 11 is 0. The third-order valence-corrected chi connectivity index (χ3v) is 5.53. The molecule has 30 heavy (non-hydrogen) atoms. The van der Waals surface area contributed by atoms with Crippen LogP contribution in [0.5, 0.6) is 0 Å². The molecule has 2 amide bonds. The number of rotatable bonds is 6. The number of benzene rings is 2. The molecule has 1 N–H and O–H groups in total. The van der Waals surface area contributed by atoms with Crippen LogP contribution < -0.4 is 10.2 Å². The zero-order valence-electron chi connectivity index (χ0n) is 16.7. The predicted molar refractivity (Wildman–Crippen MR) is 112 cm³/mol. The van der Waals surface area contributed by atoms with Crippen LogP contribution in [0.4, 0.5) is 11.4 Å². The van der Waals surface area contributed by atoms with E-state index < -0.39 is 0 Å². The Morgan fingerprint density at radius 2 is 1.87 bits per heavy atom. The Morgan fingerprint density at radius 1 is 1.07 bits per heavy atom. The molecule has 8 nitrogen and oxygen atoms in total. The fourth-order valence-corrected chi connectivity index (χ4v) is 3.56. The lowest BCUT2D eigenvalue weighted by molar-refractivity contribution is -0.119. The van der Waals surface area contributed by atoms with E-state index in [2.05, 4.69) is 20.8 Å². The lowest BCUT2D eigenvalue weighted by atomic mass is 10.1. The summed E-state index contributed by atoms with van der Waals surface area (Å²) in [4.78, 5) is 27.1. The number of para-hydroxylation sites is 1. The van der Waals surface area contributed by atoms with Crippen LogP contribution in [-0.2, 0) is 4.79 Å². The molecule has 2 aliphatic rings. The summed E-state index contributed by atoms with van der Waals surface area (Å²) in [5, 5.41) is 15.0. The second-order valence-corrected chi connectivity index (χ2v) is 7.90. The van der Waals surface area contributed by atoms with Crippen molar-refractivity contribution in [1.29, 1.82) is 0 Å². The first-order valence-electron chi connectivity index (χ1n) is 10.2. The van der Waals surface area contributed by atoms with Crippen LogP contribution in [0.3, 0.4) is 0 Å². The topological polar surface area (TPSA) is 93.0 Å². The van der Waals surface area contributed by atoms with Crippen molar-refractivity contribution >= 4 is 23.2 Å². The van der Waals surface area contributed by atoms with Crippen molar-refractivity contribution < 1.29 is 9.59 Å². The van der Waals surface area contributed by atoms with E-state index >= 15 is 0 Å². The second-order valence-electron chi connectivity index (χ2n) is 7.90. The summed E-state index contributed by atoms with van der Waals surface area (Å²) in [6.45, 7) is 0. The summed E-state index contributed by atoms with van der Waals surface area (Å²) in [7, 11) is 1.73. The van der Waals surface area contributed by atoms with E-state index in [1.807, 2.05) is 35.0 Å². The summed E-state index contributed by atoms with van der Waals surface area (Å²) in [5.74, 6) is 0.577. The second kappa shape index (κ2) is 7.37. The molecular formula is C22H22N6O2. The number of amides is 2. The number of hydrogen-bond acceptors (Lipinski definition) is 5. The highest BCUT2D eigenvalue weighted by molar-refractivity contribution is 6.11. The molecule has 2 aliphatic carbocycles. The third kappa shape index (κ3) is 3.56. The standard InChI is InChI=1S/C22H22N6O2/c1-27(22(30)14-9-10-14)19-8-3-2-7-18(19)21(29)23-16-6-4-5-15(13-16)20-24-25-26-28(20)17-11-12-17/h2-8,13-14,17H,9-12H2,1H3,(H,23,29). The Bertz CT molecular complexity index is 1120. The first-order valence-corrected chi connectivity index (χ1v) is 10.2. The molecular weight excluding hydrogens is 380 g/mol. The molecule has 1 heterocycles. The molecule has 0 radical (unpaired) electrons. The Kier molecular flexibility index (Phi) is 4.54. The van der Waals surface area contributed by atoms with Crippen molar-refractivity contribution in [3.63, 3.8) is 0 Å². The van der Waals surface area contributed by atoms with Gasteiger partial charge in [0.25, 0.3) is 5.91 Å². The lowest BCUT2D eigenvalue weighted by Crippen LogP contribution is -2.29. The quantitative estimate of drug-likeness (QED) is 0.683. The Hall–Kier alpha value is -3.55. The van der Waals surface area contributed by atoms with Crippen LogP contribution in [0, 0.1) is 5.92 Å². The van der Waals surface area contributed by atoms with Gasteiger partial charge in [0.05, 0.1) is 17.3 Å².